The van der Waals surface area contributed by atoms with Crippen LogP contribution >= 0.6 is 11.3 Å². The molecule has 0 bridgehead atoms. The Labute approximate surface area is 216 Å². The van der Waals surface area contributed by atoms with E-state index in [1.54, 1.807) is 4.40 Å². The molecular formula is C28H37N5O2S. The summed E-state index contributed by atoms with van der Waals surface area (Å²) in [6.45, 7) is 8.43. The Morgan fingerprint density at radius 2 is 1.83 bits per heavy atom. The maximum atomic E-state index is 13.4. The molecule has 4 aromatic rings. The number of carbonyl (C=O) groups is 1. The van der Waals surface area contributed by atoms with Crippen molar-refractivity contribution in [2.24, 2.45) is 0 Å². The molecular weight excluding hydrogens is 470 g/mol. The SMILES string of the molecule is CCCC(CCC)NC(=O)c1ccc2c(c1)n(CCCN1CCCCC1)c1nc3ccsc3c(=O)n21. The number of thiophene rings is 1. The van der Waals surface area contributed by atoms with Gasteiger partial charge >= 0.3 is 0 Å². The van der Waals surface area contributed by atoms with Crippen LogP contribution in [0.1, 0.15) is 75.6 Å². The quantitative estimate of drug-likeness (QED) is 0.310. The van der Waals surface area contributed by atoms with E-state index in [1.807, 2.05) is 29.6 Å². The van der Waals surface area contributed by atoms with Crippen molar-refractivity contribution in [1.82, 2.24) is 24.2 Å². The summed E-state index contributed by atoms with van der Waals surface area (Å²) >= 11 is 1.43. The second kappa shape index (κ2) is 11.1. The van der Waals surface area contributed by atoms with E-state index in [4.69, 9.17) is 4.98 Å². The molecule has 3 aromatic heterocycles. The highest BCUT2D eigenvalue weighted by molar-refractivity contribution is 7.17. The van der Waals surface area contributed by atoms with Gasteiger partial charge in [0.1, 0.15) is 4.70 Å². The minimum absolute atomic E-state index is 0.0343. The van der Waals surface area contributed by atoms with Crippen molar-refractivity contribution in [3.05, 3.63) is 45.6 Å². The summed E-state index contributed by atoms with van der Waals surface area (Å²) in [5.41, 5.74) is 3.05. The number of hydrogen-bond acceptors (Lipinski definition) is 5. The number of nitrogens with zero attached hydrogens (tertiary/aromatic N) is 4. The third-order valence-electron chi connectivity index (χ3n) is 7.39. The number of rotatable bonds is 10. The van der Waals surface area contributed by atoms with Gasteiger partial charge < -0.3 is 14.8 Å². The summed E-state index contributed by atoms with van der Waals surface area (Å²) in [5, 5.41) is 5.16. The maximum Gasteiger partial charge on any atom is 0.277 e. The number of imidazole rings is 1. The van der Waals surface area contributed by atoms with Gasteiger partial charge in [-0.2, -0.15) is 0 Å². The number of fused-ring (bicyclic) bond motifs is 4. The van der Waals surface area contributed by atoms with Crippen molar-refractivity contribution < 1.29 is 4.79 Å². The summed E-state index contributed by atoms with van der Waals surface area (Å²) in [7, 11) is 0. The molecule has 1 aliphatic heterocycles. The molecule has 1 N–H and O–H groups in total. The zero-order chi connectivity index (χ0) is 25.1. The van der Waals surface area contributed by atoms with Gasteiger partial charge in [0.05, 0.1) is 16.6 Å². The first-order chi connectivity index (χ1) is 17.6. The average Bonchev–Trinajstić information content (AvgIpc) is 3.48. The molecule has 5 rings (SSSR count). The highest BCUT2D eigenvalue weighted by Crippen LogP contribution is 2.24. The van der Waals surface area contributed by atoms with E-state index < -0.39 is 0 Å². The Morgan fingerprint density at radius 3 is 2.58 bits per heavy atom. The number of benzene rings is 1. The summed E-state index contributed by atoms with van der Waals surface area (Å²) in [4.78, 5) is 34.1. The summed E-state index contributed by atoms with van der Waals surface area (Å²) in [6, 6.07) is 7.81. The number of aryl methyl sites for hydroxylation is 1. The number of hydrogen-bond donors (Lipinski definition) is 1. The van der Waals surface area contributed by atoms with Gasteiger partial charge in [0.25, 0.3) is 11.5 Å². The van der Waals surface area contributed by atoms with Crippen LogP contribution < -0.4 is 10.9 Å². The average molecular weight is 508 g/mol. The molecule has 1 fully saturated rings. The molecule has 0 atom stereocenters. The molecule has 0 saturated carbocycles. The normalized spacial score (nSPS) is 15.0. The van der Waals surface area contributed by atoms with E-state index in [0.717, 1.165) is 61.7 Å². The Hall–Kier alpha value is -2.71. The Morgan fingerprint density at radius 1 is 1.06 bits per heavy atom. The first-order valence-electron chi connectivity index (χ1n) is 13.6. The van der Waals surface area contributed by atoms with Gasteiger partial charge in [0.2, 0.25) is 5.78 Å². The van der Waals surface area contributed by atoms with Crippen LogP contribution in [0.4, 0.5) is 0 Å². The minimum Gasteiger partial charge on any atom is -0.349 e. The van der Waals surface area contributed by atoms with Gasteiger partial charge in [-0.3, -0.25) is 9.59 Å². The Balaban J connectivity index is 1.53. The third-order valence-corrected chi connectivity index (χ3v) is 8.28. The monoisotopic (exact) mass is 507 g/mol. The van der Waals surface area contributed by atoms with Gasteiger partial charge in [0, 0.05) is 18.2 Å². The molecule has 0 aliphatic carbocycles. The van der Waals surface area contributed by atoms with Crippen LogP contribution in [-0.2, 0) is 6.54 Å². The highest BCUT2D eigenvalue weighted by Gasteiger charge is 2.20. The van der Waals surface area contributed by atoms with E-state index in [-0.39, 0.29) is 17.5 Å². The van der Waals surface area contributed by atoms with Gasteiger partial charge in [0.15, 0.2) is 0 Å². The molecule has 192 valence electrons. The molecule has 1 amide bonds. The molecule has 0 spiro atoms. The second-order valence-corrected chi connectivity index (χ2v) is 11.0. The third kappa shape index (κ3) is 4.93. The smallest absolute Gasteiger partial charge is 0.277 e. The van der Waals surface area contributed by atoms with Crippen LogP contribution in [0.3, 0.4) is 0 Å². The summed E-state index contributed by atoms with van der Waals surface area (Å²) in [6.07, 6.45) is 8.90. The topological polar surface area (TPSA) is 71.6 Å². The van der Waals surface area contributed by atoms with Crippen LogP contribution in [0.2, 0.25) is 0 Å². The fraction of sp³-hybridized carbons (Fsp3) is 0.536. The van der Waals surface area contributed by atoms with E-state index in [0.29, 0.717) is 16.0 Å². The second-order valence-electron chi connectivity index (χ2n) is 10.0. The predicted molar refractivity (Wildman–Crippen MR) is 148 cm³/mol. The number of amides is 1. The standard InChI is InChI=1S/C28H37N5O2S/c1-3-9-21(10-4-2)29-26(34)20-11-12-23-24(19-20)32(17-8-16-31-14-6-5-7-15-31)28-30-22-13-18-36-25(22)27(35)33(23)28/h11-13,18-19,21H,3-10,14-17H2,1-2H3,(H,29,34). The van der Waals surface area contributed by atoms with Crippen LogP contribution in [0.5, 0.6) is 0 Å². The van der Waals surface area contributed by atoms with Gasteiger partial charge in [-0.1, -0.05) is 33.1 Å². The first-order valence-corrected chi connectivity index (χ1v) is 14.4. The number of aromatic nitrogens is 3. The maximum absolute atomic E-state index is 13.4. The number of carbonyl (C=O) groups excluding carboxylic acids is 1. The molecule has 8 heteroatoms. The fourth-order valence-corrected chi connectivity index (χ4v) is 6.35. The Bertz CT molecular complexity index is 1410. The van der Waals surface area contributed by atoms with Gasteiger partial charge in [-0.15, -0.1) is 11.3 Å². The first kappa shape index (κ1) is 25.0. The van der Waals surface area contributed by atoms with E-state index in [2.05, 4.69) is 28.6 Å². The van der Waals surface area contributed by atoms with E-state index in [1.165, 1.54) is 43.7 Å². The van der Waals surface area contributed by atoms with E-state index >= 15 is 0 Å². The van der Waals surface area contributed by atoms with Crippen molar-refractivity contribution >= 4 is 44.3 Å². The van der Waals surface area contributed by atoms with Crippen LogP contribution in [0.15, 0.2) is 34.4 Å². The lowest BCUT2D eigenvalue weighted by molar-refractivity contribution is 0.0932. The summed E-state index contributed by atoms with van der Waals surface area (Å²) in [5.74, 6) is 0.613. The van der Waals surface area contributed by atoms with Crippen molar-refractivity contribution in [2.75, 3.05) is 19.6 Å². The molecule has 0 unspecified atom stereocenters. The highest BCUT2D eigenvalue weighted by atomic mass is 32.1. The Kier molecular flexibility index (Phi) is 7.72. The number of nitrogens with one attached hydrogen (secondary N) is 1. The minimum atomic E-state index is -0.0461. The molecule has 4 heterocycles. The van der Waals surface area contributed by atoms with Crippen molar-refractivity contribution in [3.63, 3.8) is 0 Å². The molecule has 1 aliphatic rings. The van der Waals surface area contributed by atoms with E-state index in [9.17, 15) is 9.59 Å². The van der Waals surface area contributed by atoms with Crippen LogP contribution in [-0.4, -0.2) is 50.4 Å². The zero-order valence-electron chi connectivity index (χ0n) is 21.5. The molecule has 1 aromatic carbocycles. The molecule has 0 radical (unpaired) electrons. The molecule has 7 nitrogen and oxygen atoms in total. The molecule has 1 saturated heterocycles. The van der Waals surface area contributed by atoms with Gasteiger partial charge in [-0.05, 0) is 81.4 Å². The fourth-order valence-electron chi connectivity index (χ4n) is 5.59. The van der Waals surface area contributed by atoms with Crippen molar-refractivity contribution in [2.45, 2.75) is 77.8 Å². The zero-order valence-corrected chi connectivity index (χ0v) is 22.3. The number of likely N-dealkylation sites (tertiary alicyclic amines) is 1. The van der Waals surface area contributed by atoms with Crippen LogP contribution in [0, 0.1) is 0 Å². The predicted octanol–water partition coefficient (Wildman–Crippen LogP) is 5.44. The van der Waals surface area contributed by atoms with Crippen molar-refractivity contribution in [3.8, 4) is 0 Å². The lowest BCUT2D eigenvalue weighted by atomic mass is 10.1. The lowest BCUT2D eigenvalue weighted by Gasteiger charge is -2.26. The van der Waals surface area contributed by atoms with Gasteiger partial charge in [-0.25, -0.2) is 9.38 Å². The molecule has 36 heavy (non-hydrogen) atoms. The lowest BCUT2D eigenvalue weighted by Crippen LogP contribution is -2.34. The van der Waals surface area contributed by atoms with Crippen LogP contribution in [0.25, 0.3) is 27.0 Å². The summed E-state index contributed by atoms with van der Waals surface area (Å²) < 4.78 is 4.54. The number of piperidine rings is 1. The van der Waals surface area contributed by atoms with Crippen molar-refractivity contribution in [1.29, 1.82) is 0 Å². The largest absolute Gasteiger partial charge is 0.349 e.